The molecular formula is C64H75BN2. The van der Waals surface area contributed by atoms with Crippen molar-refractivity contribution in [2.45, 2.75) is 181 Å². The molecule has 0 spiro atoms. The lowest BCUT2D eigenvalue weighted by atomic mass is 9.33. The van der Waals surface area contributed by atoms with E-state index < -0.39 is 6.85 Å². The monoisotopic (exact) mass is 886 g/mol. The third-order valence-corrected chi connectivity index (χ3v) is 18.3. The van der Waals surface area contributed by atoms with Gasteiger partial charge in [0.15, 0.2) is 0 Å². The second kappa shape index (κ2) is 14.0. The molecule has 0 saturated heterocycles. The third-order valence-electron chi connectivity index (χ3n) is 18.3. The molecule has 11 rings (SSSR count). The molecule has 0 fully saturated rings. The van der Waals surface area contributed by atoms with E-state index in [1.54, 1.807) is 0 Å². The second-order valence-corrected chi connectivity index (χ2v) is 26.1. The molecule has 0 bridgehead atoms. The van der Waals surface area contributed by atoms with Crippen LogP contribution in [0.5, 0.6) is 0 Å². The Balaban J connectivity index is 1.29. The highest BCUT2D eigenvalue weighted by atomic mass is 15.2. The van der Waals surface area contributed by atoms with Crippen molar-refractivity contribution in [3.8, 4) is 0 Å². The fourth-order valence-electron chi connectivity index (χ4n) is 14.1. The SMILES string of the molecule is [2H]C([2H])([2H])c1cc2c3c(c1)N(c1cc4c(cc1C)C(C)(C)CCC4(C)C)c1cc4c(cc1B3c1cc(C(C)(C)c3ccccc3)ccc1N2c1ccc2c(c1)C(C)(C)CCC2(C)C)C(C)(C)CC4(C)C. The van der Waals surface area contributed by atoms with Crippen molar-refractivity contribution in [2.75, 3.05) is 9.80 Å². The van der Waals surface area contributed by atoms with E-state index in [2.05, 4.69) is 211 Å². The maximum atomic E-state index is 9.22. The van der Waals surface area contributed by atoms with Crippen LogP contribution in [0.1, 0.15) is 189 Å². The predicted octanol–water partition coefficient (Wildman–Crippen LogP) is 15.4. The standard InChI is InChI=1S/C64H75BN2/c1-39-30-55-57-56(31-39)67(53-36-48-45(32-40(53)2)59(5,6)28-29-61(48,9)10)54-37-49-47(62(11,12)38-63(49,13)14)35-51(54)65(57)50-33-42(64(15,16)41-20-18-17-19-21-41)22-25-52(50)66(55)43-23-24-44-46(34-43)60(7,8)27-26-58(44,3)4/h17-25,30-37H,26-29,38H2,1-16H3/i1D3. The minimum absolute atomic E-state index is 0.0193. The number of hydrogen-bond acceptors (Lipinski definition) is 2. The summed E-state index contributed by atoms with van der Waals surface area (Å²) in [6, 6.07) is 39.5. The molecule has 2 heterocycles. The van der Waals surface area contributed by atoms with E-state index in [1.807, 2.05) is 6.07 Å². The van der Waals surface area contributed by atoms with Crippen LogP contribution in [-0.2, 0) is 37.9 Å². The number of benzene rings is 6. The Kier molecular flexibility index (Phi) is 8.60. The summed E-state index contributed by atoms with van der Waals surface area (Å²) in [6.45, 7) is 33.4. The van der Waals surface area contributed by atoms with Crippen LogP contribution in [0.2, 0.25) is 0 Å². The van der Waals surface area contributed by atoms with Crippen molar-refractivity contribution < 1.29 is 4.11 Å². The summed E-state index contributed by atoms with van der Waals surface area (Å²) in [6.07, 6.45) is 5.54. The van der Waals surface area contributed by atoms with Crippen molar-refractivity contribution in [1.82, 2.24) is 0 Å². The Morgan fingerprint density at radius 1 is 0.463 bits per heavy atom. The molecular weight excluding hydrogens is 808 g/mol. The van der Waals surface area contributed by atoms with Gasteiger partial charge in [0.2, 0.25) is 0 Å². The van der Waals surface area contributed by atoms with Gasteiger partial charge in [-0.3, -0.25) is 0 Å². The number of fused-ring (bicyclic) bond motifs is 7. The topological polar surface area (TPSA) is 6.48 Å². The largest absolute Gasteiger partial charge is 0.311 e. The first-order chi connectivity index (χ1) is 32.4. The molecule has 67 heavy (non-hydrogen) atoms. The van der Waals surface area contributed by atoms with E-state index >= 15 is 0 Å². The molecule has 0 unspecified atom stereocenters. The number of aryl methyl sites for hydroxylation is 2. The van der Waals surface area contributed by atoms with Crippen molar-refractivity contribution >= 4 is 57.2 Å². The Morgan fingerprint density at radius 3 is 1.61 bits per heavy atom. The average Bonchev–Trinajstić information content (AvgIpc) is 3.47. The number of anilines is 6. The number of nitrogens with zero attached hydrogens (tertiary/aromatic N) is 2. The average molecular weight is 886 g/mol. The van der Waals surface area contributed by atoms with E-state index in [-0.39, 0.29) is 44.6 Å². The molecule has 6 aromatic rings. The Hall–Kier alpha value is -5.02. The van der Waals surface area contributed by atoms with Crippen LogP contribution >= 0.6 is 0 Å². The minimum Gasteiger partial charge on any atom is -0.311 e. The Labute approximate surface area is 408 Å². The predicted molar refractivity (Wildman–Crippen MR) is 290 cm³/mol. The van der Waals surface area contributed by atoms with Crippen molar-refractivity contribution in [2.24, 2.45) is 0 Å². The molecule has 5 aliphatic rings. The van der Waals surface area contributed by atoms with Gasteiger partial charge in [-0.25, -0.2) is 0 Å². The second-order valence-electron chi connectivity index (χ2n) is 26.1. The van der Waals surface area contributed by atoms with Gasteiger partial charge >= 0.3 is 0 Å². The maximum Gasteiger partial charge on any atom is 0.252 e. The molecule has 6 aromatic carbocycles. The van der Waals surface area contributed by atoms with E-state index in [0.717, 1.165) is 66.2 Å². The van der Waals surface area contributed by atoms with Crippen LogP contribution < -0.4 is 26.2 Å². The van der Waals surface area contributed by atoms with Gasteiger partial charge in [0.05, 0.1) is 0 Å². The van der Waals surface area contributed by atoms with Crippen LogP contribution in [0.3, 0.4) is 0 Å². The summed E-state index contributed by atoms with van der Waals surface area (Å²) < 4.78 is 27.6. The van der Waals surface area contributed by atoms with E-state index in [0.29, 0.717) is 5.56 Å². The van der Waals surface area contributed by atoms with Crippen LogP contribution in [0.4, 0.5) is 34.1 Å². The van der Waals surface area contributed by atoms with Gasteiger partial charge < -0.3 is 9.80 Å². The summed E-state index contributed by atoms with van der Waals surface area (Å²) in [5.41, 5.74) is 22.4. The van der Waals surface area contributed by atoms with Gasteiger partial charge in [0, 0.05) is 43.7 Å². The van der Waals surface area contributed by atoms with Crippen LogP contribution in [0, 0.1) is 13.8 Å². The van der Waals surface area contributed by atoms with Gasteiger partial charge in [-0.15, -0.1) is 0 Å². The first-order valence-electron chi connectivity index (χ1n) is 26.9. The number of rotatable bonds is 4. The van der Waals surface area contributed by atoms with Gasteiger partial charge in [0.25, 0.3) is 6.71 Å². The van der Waals surface area contributed by atoms with Gasteiger partial charge in [-0.2, -0.15) is 0 Å². The maximum absolute atomic E-state index is 9.22. The molecule has 3 heteroatoms. The van der Waals surface area contributed by atoms with Crippen LogP contribution in [-0.4, -0.2) is 6.71 Å². The zero-order chi connectivity index (χ0) is 50.3. The molecule has 0 radical (unpaired) electrons. The molecule has 0 amide bonds. The lowest BCUT2D eigenvalue weighted by Crippen LogP contribution is -2.62. The first-order valence-corrected chi connectivity index (χ1v) is 25.4. The molecule has 3 aliphatic carbocycles. The first kappa shape index (κ1) is 41.0. The fourth-order valence-corrected chi connectivity index (χ4v) is 14.1. The quantitative estimate of drug-likeness (QED) is 0.163. The minimum atomic E-state index is -2.36. The Bertz CT molecular complexity index is 3180. The molecule has 2 nitrogen and oxygen atoms in total. The van der Waals surface area contributed by atoms with Gasteiger partial charge in [-0.1, -0.05) is 158 Å². The van der Waals surface area contributed by atoms with E-state index in [1.165, 1.54) is 66.5 Å². The molecule has 344 valence electrons. The molecule has 2 aliphatic heterocycles. The highest BCUT2D eigenvalue weighted by molar-refractivity contribution is 7.00. The number of hydrogen-bond donors (Lipinski definition) is 0. The molecule has 0 N–H and O–H groups in total. The fraction of sp³-hybridized carbons (Fsp3) is 0.438. The summed E-state index contributed by atoms with van der Waals surface area (Å²) in [7, 11) is 0. The Morgan fingerprint density at radius 2 is 0.985 bits per heavy atom. The van der Waals surface area contributed by atoms with Gasteiger partial charge in [0.1, 0.15) is 0 Å². The molecule has 0 saturated carbocycles. The summed E-state index contributed by atoms with van der Waals surface area (Å²) in [5.74, 6) is 0. The highest BCUT2D eigenvalue weighted by Gasteiger charge is 2.49. The molecule has 0 aromatic heterocycles. The zero-order valence-electron chi connectivity index (χ0n) is 46.3. The summed E-state index contributed by atoms with van der Waals surface area (Å²) in [5, 5.41) is 0. The lowest BCUT2D eigenvalue weighted by molar-refractivity contribution is 0.332. The zero-order valence-corrected chi connectivity index (χ0v) is 43.3. The third kappa shape index (κ3) is 6.48. The smallest absolute Gasteiger partial charge is 0.252 e. The molecule has 0 atom stereocenters. The highest BCUT2D eigenvalue weighted by Crippen LogP contribution is 2.55. The van der Waals surface area contributed by atoms with Crippen molar-refractivity contribution in [3.63, 3.8) is 0 Å². The van der Waals surface area contributed by atoms with E-state index in [9.17, 15) is 4.11 Å². The normalized spacial score (nSPS) is 21.4. The summed E-state index contributed by atoms with van der Waals surface area (Å²) >= 11 is 0. The van der Waals surface area contributed by atoms with Crippen LogP contribution in [0.25, 0.3) is 0 Å². The van der Waals surface area contributed by atoms with Gasteiger partial charge in [-0.05, 0) is 193 Å². The summed E-state index contributed by atoms with van der Waals surface area (Å²) in [4.78, 5) is 4.97. The van der Waals surface area contributed by atoms with E-state index in [4.69, 9.17) is 0 Å². The van der Waals surface area contributed by atoms with Crippen LogP contribution in [0.15, 0.2) is 103 Å². The van der Waals surface area contributed by atoms with Crippen molar-refractivity contribution in [3.05, 3.63) is 159 Å². The van der Waals surface area contributed by atoms with Crippen molar-refractivity contribution in [1.29, 1.82) is 0 Å². The lowest BCUT2D eigenvalue weighted by Gasteiger charge is -2.47.